The van der Waals surface area contributed by atoms with Gasteiger partial charge in [0, 0.05) is 7.05 Å². The molecular formula is C14H21N5O6S. The van der Waals surface area contributed by atoms with E-state index in [2.05, 4.69) is 15.0 Å². The van der Waals surface area contributed by atoms with E-state index in [1.807, 2.05) is 13.8 Å². The molecule has 2 aromatic heterocycles. The Balaban J connectivity index is 1.97. The van der Waals surface area contributed by atoms with E-state index in [4.69, 9.17) is 9.29 Å². The molecular weight excluding hydrogens is 366 g/mol. The Bertz CT molecular complexity index is 900. The third-order valence-corrected chi connectivity index (χ3v) is 5.18. The number of hydrogen-bond acceptors (Lipinski definition) is 8. The Morgan fingerprint density at radius 1 is 1.27 bits per heavy atom. The van der Waals surface area contributed by atoms with E-state index in [0.29, 0.717) is 27.8 Å². The Hall–Kier alpha value is -1.70. The van der Waals surface area contributed by atoms with Crippen molar-refractivity contribution >= 4 is 21.5 Å². The van der Waals surface area contributed by atoms with Crippen LogP contribution in [0, 0.1) is 5.92 Å². The zero-order chi connectivity index (χ0) is 19.2. The van der Waals surface area contributed by atoms with Crippen LogP contribution in [0.25, 0.3) is 11.2 Å². The van der Waals surface area contributed by atoms with Crippen LogP contribution in [-0.4, -0.2) is 72.5 Å². The second-order valence-corrected chi connectivity index (χ2v) is 8.11. The molecule has 1 aliphatic heterocycles. The molecule has 3 rings (SSSR count). The minimum atomic E-state index is -4.61. The fourth-order valence-electron chi connectivity index (χ4n) is 2.93. The number of aliphatic hydroxyl groups excluding tert-OH is 2. The first-order valence-corrected chi connectivity index (χ1v) is 9.39. The van der Waals surface area contributed by atoms with Gasteiger partial charge in [0.05, 0.1) is 12.0 Å². The molecule has 26 heavy (non-hydrogen) atoms. The molecule has 0 radical (unpaired) electrons. The Labute approximate surface area is 150 Å². The quantitative estimate of drug-likeness (QED) is 0.568. The van der Waals surface area contributed by atoms with E-state index in [0.717, 1.165) is 12.7 Å². The molecule has 3 heterocycles. The summed E-state index contributed by atoms with van der Waals surface area (Å²) >= 11 is 0. The van der Waals surface area contributed by atoms with Crippen molar-refractivity contribution in [2.24, 2.45) is 5.92 Å². The lowest BCUT2D eigenvalue weighted by atomic mass is 10.1. The van der Waals surface area contributed by atoms with Gasteiger partial charge in [0.2, 0.25) is 0 Å². The van der Waals surface area contributed by atoms with E-state index >= 15 is 0 Å². The molecule has 1 saturated heterocycles. The van der Waals surface area contributed by atoms with Crippen LogP contribution in [0.4, 0.5) is 0 Å². The number of rotatable bonds is 5. The summed E-state index contributed by atoms with van der Waals surface area (Å²) in [4.78, 5) is 12.7. The number of likely N-dealkylation sites (N-methyl/N-ethyl adjacent to an activating group) is 1. The summed E-state index contributed by atoms with van der Waals surface area (Å²) in [5.74, 6) is 0.348. The highest BCUT2D eigenvalue weighted by atomic mass is 32.2. The van der Waals surface area contributed by atoms with Gasteiger partial charge in [0.1, 0.15) is 24.1 Å². The first kappa shape index (κ1) is 19.1. The molecule has 0 saturated carbocycles. The van der Waals surface area contributed by atoms with Gasteiger partial charge in [0.25, 0.3) is 0 Å². The number of aromatic nitrogens is 4. The monoisotopic (exact) mass is 387 g/mol. The van der Waals surface area contributed by atoms with Crippen LogP contribution >= 0.6 is 0 Å². The van der Waals surface area contributed by atoms with E-state index in [1.54, 1.807) is 0 Å². The first-order chi connectivity index (χ1) is 12.1. The Kier molecular flexibility index (Phi) is 4.98. The summed E-state index contributed by atoms with van der Waals surface area (Å²) in [6.07, 6.45) is -2.17. The summed E-state index contributed by atoms with van der Waals surface area (Å²) in [7, 11) is -3.58. The maximum Gasteiger partial charge on any atom is 0.337 e. The maximum absolute atomic E-state index is 11.3. The predicted molar refractivity (Wildman–Crippen MR) is 89.1 cm³/mol. The highest BCUT2D eigenvalue weighted by molar-refractivity contribution is 7.83. The van der Waals surface area contributed by atoms with E-state index in [-0.39, 0.29) is 0 Å². The van der Waals surface area contributed by atoms with Crippen molar-refractivity contribution in [3.8, 4) is 0 Å². The van der Waals surface area contributed by atoms with Crippen molar-refractivity contribution in [3.63, 3.8) is 0 Å². The number of hydrogen-bond donors (Lipinski definition) is 3. The van der Waals surface area contributed by atoms with Crippen LogP contribution in [-0.2, 0) is 21.5 Å². The smallest absolute Gasteiger partial charge is 0.337 e. The largest absolute Gasteiger partial charge is 0.386 e. The molecule has 11 nitrogen and oxygen atoms in total. The molecule has 1 aliphatic rings. The summed E-state index contributed by atoms with van der Waals surface area (Å²) in [6, 6.07) is 0. The van der Waals surface area contributed by atoms with Crippen LogP contribution in [0.15, 0.2) is 12.7 Å². The second kappa shape index (κ2) is 6.79. The molecule has 144 valence electrons. The minimum absolute atomic E-state index is 0.348. The molecule has 0 bridgehead atoms. The molecule has 4 atom stereocenters. The van der Waals surface area contributed by atoms with Gasteiger partial charge < -0.3 is 14.9 Å². The van der Waals surface area contributed by atoms with Gasteiger partial charge in [-0.1, -0.05) is 13.8 Å². The Morgan fingerprint density at radius 3 is 2.58 bits per heavy atom. The lowest BCUT2D eigenvalue weighted by Crippen LogP contribution is -2.44. The van der Waals surface area contributed by atoms with Crippen molar-refractivity contribution in [1.82, 2.24) is 23.8 Å². The standard InChI is InChI=1S/C14H21N5O6S/c1-7(2)4-8-9-12(16-5-15-8)19(6-17-9)14-11(21)10(20)13(25-14)18(3)26(22,23)24/h5-7,10-11,13-14,20-21H,4H2,1-3H3,(H,22,23,24)/t10-,11+,13+,14+/m0/s1. The average molecular weight is 387 g/mol. The van der Waals surface area contributed by atoms with Crippen molar-refractivity contribution < 1.29 is 27.9 Å². The second-order valence-electron chi connectivity index (χ2n) is 6.63. The number of aliphatic hydroxyl groups is 2. The van der Waals surface area contributed by atoms with Crippen LogP contribution in [0.5, 0.6) is 0 Å². The summed E-state index contributed by atoms with van der Waals surface area (Å²) < 4.78 is 39.1. The SMILES string of the molecule is CC(C)Cc1ncnc2c1ncn2[C@@H]1O[C@@H](N(C)S(=O)(=O)O)[C@@H](O)[C@H]1O. The average Bonchev–Trinajstić information content (AvgIpc) is 3.09. The minimum Gasteiger partial charge on any atom is -0.386 e. The van der Waals surface area contributed by atoms with E-state index < -0.39 is 35.0 Å². The fourth-order valence-corrected chi connectivity index (χ4v) is 3.36. The lowest BCUT2D eigenvalue weighted by molar-refractivity contribution is -0.0723. The van der Waals surface area contributed by atoms with Gasteiger partial charge in [-0.3, -0.25) is 9.12 Å². The van der Waals surface area contributed by atoms with Crippen molar-refractivity contribution in [2.75, 3.05) is 7.05 Å². The van der Waals surface area contributed by atoms with Crippen LogP contribution < -0.4 is 0 Å². The third-order valence-electron chi connectivity index (χ3n) is 4.25. The first-order valence-electron chi connectivity index (χ1n) is 7.99. The van der Waals surface area contributed by atoms with Crippen LogP contribution in [0.2, 0.25) is 0 Å². The lowest BCUT2D eigenvalue weighted by Gasteiger charge is -2.22. The summed E-state index contributed by atoms with van der Waals surface area (Å²) in [5, 5.41) is 20.5. The van der Waals surface area contributed by atoms with Crippen LogP contribution in [0.3, 0.4) is 0 Å². The molecule has 2 aromatic rings. The normalized spacial score (nSPS) is 27.1. The molecule has 12 heteroatoms. The molecule has 0 aliphatic carbocycles. The van der Waals surface area contributed by atoms with Crippen LogP contribution in [0.1, 0.15) is 25.8 Å². The molecule has 3 N–H and O–H groups in total. The van der Waals surface area contributed by atoms with Crippen molar-refractivity contribution in [1.29, 1.82) is 0 Å². The molecule has 1 fully saturated rings. The molecule has 0 unspecified atom stereocenters. The van der Waals surface area contributed by atoms with Gasteiger partial charge in [-0.15, -0.1) is 0 Å². The van der Waals surface area contributed by atoms with E-state index in [9.17, 15) is 18.6 Å². The zero-order valence-corrected chi connectivity index (χ0v) is 15.3. The third kappa shape index (κ3) is 3.31. The topological polar surface area (TPSA) is 151 Å². The van der Waals surface area contributed by atoms with Crippen molar-refractivity contribution in [3.05, 3.63) is 18.3 Å². The zero-order valence-electron chi connectivity index (χ0n) is 14.5. The summed E-state index contributed by atoms with van der Waals surface area (Å²) in [5.41, 5.74) is 1.67. The summed E-state index contributed by atoms with van der Waals surface area (Å²) in [6.45, 7) is 4.09. The van der Waals surface area contributed by atoms with E-state index in [1.165, 1.54) is 17.2 Å². The number of imidazole rings is 1. The van der Waals surface area contributed by atoms with Gasteiger partial charge in [-0.05, 0) is 12.3 Å². The molecule has 0 spiro atoms. The maximum atomic E-state index is 11.3. The molecule has 0 aromatic carbocycles. The predicted octanol–water partition coefficient (Wildman–Crippen LogP) is -0.664. The number of ether oxygens (including phenoxy) is 1. The van der Waals surface area contributed by atoms with Crippen molar-refractivity contribution in [2.45, 2.75) is 44.9 Å². The highest BCUT2D eigenvalue weighted by Crippen LogP contribution is 2.33. The molecule has 0 amide bonds. The fraction of sp³-hybridized carbons (Fsp3) is 0.643. The van der Waals surface area contributed by atoms with Gasteiger partial charge in [0.15, 0.2) is 18.1 Å². The number of nitrogens with zero attached hydrogens (tertiary/aromatic N) is 5. The number of fused-ring (bicyclic) bond motifs is 1. The van der Waals surface area contributed by atoms with Gasteiger partial charge >= 0.3 is 10.3 Å². The Morgan fingerprint density at radius 2 is 1.96 bits per heavy atom. The van der Waals surface area contributed by atoms with Gasteiger partial charge in [-0.25, -0.2) is 15.0 Å². The highest BCUT2D eigenvalue weighted by Gasteiger charge is 2.48. The van der Waals surface area contributed by atoms with Gasteiger partial charge in [-0.2, -0.15) is 12.7 Å².